The third-order valence-electron chi connectivity index (χ3n) is 4.88. The average Bonchev–Trinajstić information content (AvgIpc) is 3.09. The summed E-state index contributed by atoms with van der Waals surface area (Å²) in [4.78, 5) is 19.2. The Hall–Kier alpha value is -2.17. The lowest BCUT2D eigenvalue weighted by atomic mass is 9.93. The molecular weight excluding hydrogens is 314 g/mol. The van der Waals surface area contributed by atoms with Crippen molar-refractivity contribution in [3.8, 4) is 11.4 Å². The van der Waals surface area contributed by atoms with E-state index in [0.29, 0.717) is 24.3 Å². The molecule has 2 aromatic rings. The monoisotopic (exact) mass is 341 g/mol. The Morgan fingerprint density at radius 3 is 2.52 bits per heavy atom. The van der Waals surface area contributed by atoms with Crippen LogP contribution in [-0.4, -0.2) is 27.0 Å². The van der Waals surface area contributed by atoms with Crippen LogP contribution in [0.25, 0.3) is 11.4 Å². The number of carbonyl (C=O) groups is 1. The third-order valence-corrected chi connectivity index (χ3v) is 4.88. The van der Waals surface area contributed by atoms with E-state index in [1.54, 1.807) is 0 Å². The maximum atomic E-state index is 12.7. The molecule has 1 aliphatic rings. The number of nitrogens with zero attached hydrogens (tertiary/aromatic N) is 3. The van der Waals surface area contributed by atoms with Gasteiger partial charge in [0.2, 0.25) is 17.6 Å². The number of benzene rings is 1. The van der Waals surface area contributed by atoms with E-state index < -0.39 is 0 Å². The van der Waals surface area contributed by atoms with E-state index >= 15 is 0 Å². The number of hydrogen-bond donors (Lipinski definition) is 0. The SMILES string of the molecule is Cc1ccc(-c2noc(CN(C(=O)C(C)C)C3CCCCC3)n2)cc1. The number of hydrogen-bond acceptors (Lipinski definition) is 4. The molecule has 134 valence electrons. The van der Waals surface area contributed by atoms with Gasteiger partial charge in [-0.05, 0) is 19.8 Å². The van der Waals surface area contributed by atoms with Gasteiger partial charge in [-0.1, -0.05) is 68.1 Å². The van der Waals surface area contributed by atoms with Crippen molar-refractivity contribution in [3.05, 3.63) is 35.7 Å². The molecule has 0 saturated heterocycles. The number of carbonyl (C=O) groups excluding carboxylic acids is 1. The molecule has 1 fully saturated rings. The van der Waals surface area contributed by atoms with Gasteiger partial charge in [-0.2, -0.15) is 4.98 Å². The molecule has 25 heavy (non-hydrogen) atoms. The largest absolute Gasteiger partial charge is 0.337 e. The highest BCUT2D eigenvalue weighted by atomic mass is 16.5. The number of aromatic nitrogens is 2. The molecule has 1 aliphatic carbocycles. The topological polar surface area (TPSA) is 59.2 Å². The summed E-state index contributed by atoms with van der Waals surface area (Å²) in [6.07, 6.45) is 5.77. The summed E-state index contributed by atoms with van der Waals surface area (Å²) >= 11 is 0. The molecule has 1 amide bonds. The van der Waals surface area contributed by atoms with Gasteiger partial charge in [0, 0.05) is 17.5 Å². The van der Waals surface area contributed by atoms with Gasteiger partial charge < -0.3 is 9.42 Å². The Kier molecular flexibility index (Phi) is 5.51. The van der Waals surface area contributed by atoms with Gasteiger partial charge in [-0.15, -0.1) is 0 Å². The highest BCUT2D eigenvalue weighted by Gasteiger charge is 2.28. The molecule has 1 heterocycles. The number of amides is 1. The highest BCUT2D eigenvalue weighted by molar-refractivity contribution is 5.78. The Morgan fingerprint density at radius 1 is 1.20 bits per heavy atom. The number of rotatable bonds is 5. The van der Waals surface area contributed by atoms with Crippen molar-refractivity contribution in [3.63, 3.8) is 0 Å². The Labute approximate surface area is 149 Å². The van der Waals surface area contributed by atoms with Gasteiger partial charge in [-0.3, -0.25) is 4.79 Å². The summed E-state index contributed by atoms with van der Waals surface area (Å²) in [6.45, 7) is 6.35. The molecule has 1 saturated carbocycles. The minimum atomic E-state index is -0.0265. The third kappa shape index (κ3) is 4.27. The van der Waals surface area contributed by atoms with Crippen LogP contribution < -0.4 is 0 Å². The van der Waals surface area contributed by atoms with Crippen molar-refractivity contribution in [1.82, 2.24) is 15.0 Å². The maximum absolute atomic E-state index is 12.7. The van der Waals surface area contributed by atoms with Crippen LogP contribution in [0.15, 0.2) is 28.8 Å². The van der Waals surface area contributed by atoms with Crippen LogP contribution in [0.4, 0.5) is 0 Å². The van der Waals surface area contributed by atoms with Crippen molar-refractivity contribution in [1.29, 1.82) is 0 Å². The van der Waals surface area contributed by atoms with E-state index in [1.165, 1.54) is 24.8 Å². The molecule has 5 nitrogen and oxygen atoms in total. The molecule has 0 radical (unpaired) electrons. The van der Waals surface area contributed by atoms with Gasteiger partial charge in [0.25, 0.3) is 0 Å². The lowest BCUT2D eigenvalue weighted by molar-refractivity contribution is -0.138. The maximum Gasteiger partial charge on any atom is 0.246 e. The fraction of sp³-hybridized carbons (Fsp3) is 0.550. The van der Waals surface area contributed by atoms with Gasteiger partial charge in [0.1, 0.15) is 6.54 Å². The Balaban J connectivity index is 1.77. The highest BCUT2D eigenvalue weighted by Crippen LogP contribution is 2.26. The van der Waals surface area contributed by atoms with Crippen LogP contribution in [0.1, 0.15) is 57.4 Å². The van der Waals surface area contributed by atoms with Crippen LogP contribution in [0, 0.1) is 12.8 Å². The predicted octanol–water partition coefficient (Wildman–Crippen LogP) is 4.36. The molecule has 0 atom stereocenters. The first-order chi connectivity index (χ1) is 12.0. The zero-order valence-electron chi connectivity index (χ0n) is 15.4. The summed E-state index contributed by atoms with van der Waals surface area (Å²) in [6, 6.07) is 8.33. The van der Waals surface area contributed by atoms with Crippen molar-refractivity contribution >= 4 is 5.91 Å². The first-order valence-corrected chi connectivity index (χ1v) is 9.24. The second kappa shape index (κ2) is 7.81. The van der Waals surface area contributed by atoms with Crippen molar-refractivity contribution in [2.45, 2.75) is 65.5 Å². The Bertz CT molecular complexity index is 700. The van der Waals surface area contributed by atoms with Crippen LogP contribution in [-0.2, 0) is 11.3 Å². The molecule has 0 spiro atoms. The molecule has 3 rings (SSSR count). The molecular formula is C20H27N3O2. The zero-order valence-corrected chi connectivity index (χ0v) is 15.4. The molecule has 0 N–H and O–H groups in total. The lowest BCUT2D eigenvalue weighted by Crippen LogP contribution is -2.43. The summed E-state index contributed by atoms with van der Waals surface area (Å²) in [5.74, 6) is 1.23. The summed E-state index contributed by atoms with van der Waals surface area (Å²) in [5, 5.41) is 4.09. The summed E-state index contributed by atoms with van der Waals surface area (Å²) in [5.41, 5.74) is 2.12. The lowest BCUT2D eigenvalue weighted by Gasteiger charge is -2.34. The standard InChI is InChI=1S/C20H27N3O2/c1-14(2)20(24)23(17-7-5-4-6-8-17)13-18-21-19(22-25-18)16-11-9-15(3)10-12-16/h9-12,14,17H,4-8,13H2,1-3H3. The van der Waals surface area contributed by atoms with Gasteiger partial charge >= 0.3 is 0 Å². The average molecular weight is 341 g/mol. The smallest absolute Gasteiger partial charge is 0.246 e. The quantitative estimate of drug-likeness (QED) is 0.810. The number of aryl methyl sites for hydroxylation is 1. The molecule has 0 bridgehead atoms. The van der Waals surface area contributed by atoms with E-state index in [9.17, 15) is 4.79 Å². The summed E-state index contributed by atoms with van der Waals surface area (Å²) in [7, 11) is 0. The normalized spacial score (nSPS) is 15.5. The Morgan fingerprint density at radius 2 is 1.88 bits per heavy atom. The van der Waals surface area contributed by atoms with Crippen LogP contribution >= 0.6 is 0 Å². The van der Waals surface area contributed by atoms with E-state index in [4.69, 9.17) is 4.52 Å². The van der Waals surface area contributed by atoms with Crippen molar-refractivity contribution in [2.24, 2.45) is 5.92 Å². The van der Waals surface area contributed by atoms with Crippen LogP contribution in [0.3, 0.4) is 0 Å². The molecule has 5 heteroatoms. The minimum Gasteiger partial charge on any atom is -0.337 e. The van der Waals surface area contributed by atoms with Crippen LogP contribution in [0.2, 0.25) is 0 Å². The van der Waals surface area contributed by atoms with Gasteiger partial charge in [-0.25, -0.2) is 0 Å². The van der Waals surface area contributed by atoms with Crippen molar-refractivity contribution in [2.75, 3.05) is 0 Å². The van der Waals surface area contributed by atoms with Crippen molar-refractivity contribution < 1.29 is 9.32 Å². The van der Waals surface area contributed by atoms with E-state index in [2.05, 4.69) is 10.1 Å². The van der Waals surface area contributed by atoms with E-state index in [1.807, 2.05) is 49.9 Å². The minimum absolute atomic E-state index is 0.0265. The second-order valence-corrected chi connectivity index (χ2v) is 7.29. The van der Waals surface area contributed by atoms with Gasteiger partial charge in [0.15, 0.2) is 0 Å². The zero-order chi connectivity index (χ0) is 17.8. The first-order valence-electron chi connectivity index (χ1n) is 9.24. The summed E-state index contributed by atoms with van der Waals surface area (Å²) < 4.78 is 5.45. The fourth-order valence-corrected chi connectivity index (χ4v) is 3.40. The molecule has 0 unspecified atom stereocenters. The van der Waals surface area contributed by atoms with Crippen LogP contribution in [0.5, 0.6) is 0 Å². The fourth-order valence-electron chi connectivity index (χ4n) is 3.40. The molecule has 1 aromatic carbocycles. The predicted molar refractivity (Wildman–Crippen MR) is 96.7 cm³/mol. The van der Waals surface area contributed by atoms with E-state index in [0.717, 1.165) is 18.4 Å². The molecule has 1 aromatic heterocycles. The molecule has 0 aliphatic heterocycles. The second-order valence-electron chi connectivity index (χ2n) is 7.29. The first kappa shape index (κ1) is 17.6. The van der Waals surface area contributed by atoms with E-state index in [-0.39, 0.29) is 11.8 Å². The van der Waals surface area contributed by atoms with Gasteiger partial charge in [0.05, 0.1) is 0 Å².